The molecule has 0 N–H and O–H groups in total. The van der Waals surface area contributed by atoms with Gasteiger partial charge in [0.1, 0.15) is 5.69 Å². The highest BCUT2D eigenvalue weighted by atomic mass is 79.9. The lowest BCUT2D eigenvalue weighted by Gasteiger charge is -2.33. The number of carbonyl (C=O) groups excluding carboxylic acids is 1. The molecule has 94 valence electrons. The molecule has 4 heteroatoms. The zero-order chi connectivity index (χ0) is 12.4. The Morgan fingerprint density at radius 2 is 2.29 bits per heavy atom. The normalized spacial score (nSPS) is 20.6. The minimum absolute atomic E-state index is 0.171. The lowest BCUT2D eigenvalue weighted by molar-refractivity contribution is 0.0624. The molecule has 17 heavy (non-hydrogen) atoms. The van der Waals surface area contributed by atoms with Crippen LogP contribution in [0.2, 0.25) is 0 Å². The summed E-state index contributed by atoms with van der Waals surface area (Å²) in [6, 6.07) is 2.29. The average Bonchev–Trinajstić information content (AvgIpc) is 2.70. The van der Waals surface area contributed by atoms with Crippen LogP contribution < -0.4 is 0 Å². The topological polar surface area (TPSA) is 25.2 Å². The number of aryl methyl sites for hydroxylation is 1. The van der Waals surface area contributed by atoms with Gasteiger partial charge in [0, 0.05) is 29.8 Å². The summed E-state index contributed by atoms with van der Waals surface area (Å²) in [4.78, 5) is 14.5. The van der Waals surface area contributed by atoms with Crippen molar-refractivity contribution in [1.82, 2.24) is 9.47 Å². The standard InChI is InChI=1S/C13H19BrN2O/c1-3-15-9-11(14)8-12(15)13(17)16-7-5-4-6-10(16)2/h8-10H,3-7H2,1-2H3. The summed E-state index contributed by atoms with van der Waals surface area (Å²) in [5, 5.41) is 0. The Bertz CT molecular complexity index is 414. The molecule has 3 nitrogen and oxygen atoms in total. The number of aromatic nitrogens is 1. The maximum atomic E-state index is 12.5. The highest BCUT2D eigenvalue weighted by molar-refractivity contribution is 9.10. The van der Waals surface area contributed by atoms with Crippen molar-refractivity contribution in [2.24, 2.45) is 0 Å². The second-order valence-electron chi connectivity index (χ2n) is 4.67. The lowest BCUT2D eigenvalue weighted by Crippen LogP contribution is -2.42. The third-order valence-electron chi connectivity index (χ3n) is 3.49. The Balaban J connectivity index is 2.23. The van der Waals surface area contributed by atoms with Gasteiger partial charge >= 0.3 is 0 Å². The predicted molar refractivity (Wildman–Crippen MR) is 72.2 cm³/mol. The minimum Gasteiger partial charge on any atom is -0.343 e. The van der Waals surface area contributed by atoms with Crippen LogP contribution in [0.25, 0.3) is 0 Å². The number of halogens is 1. The number of rotatable bonds is 2. The van der Waals surface area contributed by atoms with E-state index >= 15 is 0 Å². The summed E-state index contributed by atoms with van der Waals surface area (Å²) in [7, 11) is 0. The van der Waals surface area contributed by atoms with Gasteiger partial charge in [0.15, 0.2) is 0 Å². The molecule has 1 saturated heterocycles. The zero-order valence-corrected chi connectivity index (χ0v) is 12.0. The van der Waals surface area contributed by atoms with Gasteiger partial charge in [0.2, 0.25) is 0 Å². The summed E-state index contributed by atoms with van der Waals surface area (Å²) >= 11 is 3.44. The molecule has 0 radical (unpaired) electrons. The maximum absolute atomic E-state index is 12.5. The van der Waals surface area contributed by atoms with Crippen molar-refractivity contribution in [2.75, 3.05) is 6.54 Å². The van der Waals surface area contributed by atoms with E-state index in [4.69, 9.17) is 0 Å². The fraction of sp³-hybridized carbons (Fsp3) is 0.615. The smallest absolute Gasteiger partial charge is 0.270 e. The van der Waals surface area contributed by atoms with Crippen molar-refractivity contribution in [1.29, 1.82) is 0 Å². The summed E-state index contributed by atoms with van der Waals surface area (Å²) in [6.45, 7) is 5.93. The molecular weight excluding hydrogens is 280 g/mol. The number of hydrogen-bond acceptors (Lipinski definition) is 1. The van der Waals surface area contributed by atoms with Crippen LogP contribution in [0, 0.1) is 0 Å². The quantitative estimate of drug-likeness (QED) is 0.822. The van der Waals surface area contributed by atoms with E-state index in [1.54, 1.807) is 0 Å². The first-order chi connectivity index (χ1) is 8.13. The van der Waals surface area contributed by atoms with Crippen molar-refractivity contribution in [2.45, 2.75) is 45.7 Å². The van der Waals surface area contributed by atoms with E-state index < -0.39 is 0 Å². The zero-order valence-electron chi connectivity index (χ0n) is 10.4. The molecule has 1 atom stereocenters. The molecule has 0 bridgehead atoms. The number of amides is 1. The van der Waals surface area contributed by atoms with Crippen LogP contribution in [0.1, 0.15) is 43.6 Å². The molecule has 0 aliphatic carbocycles. The predicted octanol–water partition coefficient (Wildman–Crippen LogP) is 3.29. The molecule has 2 heterocycles. The van der Waals surface area contributed by atoms with Gasteiger partial charge in [-0.1, -0.05) is 0 Å². The Labute approximate surface area is 111 Å². The van der Waals surface area contributed by atoms with Gasteiger partial charge in [0.25, 0.3) is 5.91 Å². The summed E-state index contributed by atoms with van der Waals surface area (Å²) in [5.41, 5.74) is 0.799. The van der Waals surface area contributed by atoms with Gasteiger partial charge in [-0.25, -0.2) is 0 Å². The van der Waals surface area contributed by atoms with Crippen molar-refractivity contribution in [3.8, 4) is 0 Å². The fourth-order valence-corrected chi connectivity index (χ4v) is 2.93. The molecule has 1 aromatic heterocycles. The van der Waals surface area contributed by atoms with Crippen molar-refractivity contribution >= 4 is 21.8 Å². The van der Waals surface area contributed by atoms with E-state index in [0.29, 0.717) is 6.04 Å². The molecule has 0 spiro atoms. The molecule has 0 saturated carbocycles. The second-order valence-corrected chi connectivity index (χ2v) is 5.59. The molecular formula is C13H19BrN2O. The number of piperidine rings is 1. The Kier molecular flexibility index (Phi) is 3.92. The van der Waals surface area contributed by atoms with Crippen LogP contribution in [0.4, 0.5) is 0 Å². The van der Waals surface area contributed by atoms with Crippen LogP contribution in [0.5, 0.6) is 0 Å². The first kappa shape index (κ1) is 12.7. The van der Waals surface area contributed by atoms with Crippen molar-refractivity contribution < 1.29 is 4.79 Å². The van der Waals surface area contributed by atoms with Gasteiger partial charge in [-0.05, 0) is 55.1 Å². The third-order valence-corrected chi connectivity index (χ3v) is 3.92. The van der Waals surface area contributed by atoms with E-state index in [2.05, 4.69) is 29.8 Å². The summed E-state index contributed by atoms with van der Waals surface area (Å²) in [6.07, 6.45) is 5.47. The molecule has 2 rings (SSSR count). The first-order valence-electron chi connectivity index (χ1n) is 6.30. The van der Waals surface area contributed by atoms with Gasteiger partial charge < -0.3 is 9.47 Å². The molecule has 1 unspecified atom stereocenters. The molecule has 1 aliphatic heterocycles. The van der Waals surface area contributed by atoms with Crippen LogP contribution in [0.15, 0.2) is 16.7 Å². The SMILES string of the molecule is CCn1cc(Br)cc1C(=O)N1CCCCC1C. The van der Waals surface area contributed by atoms with Crippen molar-refractivity contribution in [3.05, 3.63) is 22.4 Å². The van der Waals surface area contributed by atoms with Crippen molar-refractivity contribution in [3.63, 3.8) is 0 Å². The van der Waals surface area contributed by atoms with Gasteiger partial charge in [0.05, 0.1) is 0 Å². The molecule has 1 fully saturated rings. The van der Waals surface area contributed by atoms with Crippen LogP contribution in [0.3, 0.4) is 0 Å². The average molecular weight is 299 g/mol. The van der Waals surface area contributed by atoms with E-state index in [-0.39, 0.29) is 5.91 Å². The molecule has 1 amide bonds. The molecule has 1 aliphatic rings. The maximum Gasteiger partial charge on any atom is 0.270 e. The number of nitrogens with zero attached hydrogens (tertiary/aromatic N) is 2. The largest absolute Gasteiger partial charge is 0.343 e. The monoisotopic (exact) mass is 298 g/mol. The Morgan fingerprint density at radius 1 is 1.53 bits per heavy atom. The number of carbonyl (C=O) groups is 1. The highest BCUT2D eigenvalue weighted by Crippen LogP contribution is 2.22. The number of likely N-dealkylation sites (tertiary alicyclic amines) is 1. The van der Waals surface area contributed by atoms with Gasteiger partial charge in [-0.2, -0.15) is 0 Å². The number of hydrogen-bond donors (Lipinski definition) is 0. The first-order valence-corrected chi connectivity index (χ1v) is 7.09. The van der Waals surface area contributed by atoms with Crippen LogP contribution >= 0.6 is 15.9 Å². The Hall–Kier alpha value is -0.770. The Morgan fingerprint density at radius 3 is 2.94 bits per heavy atom. The third kappa shape index (κ3) is 2.57. The second kappa shape index (κ2) is 5.25. The van der Waals surface area contributed by atoms with Gasteiger partial charge in [-0.3, -0.25) is 4.79 Å². The molecule has 1 aromatic rings. The minimum atomic E-state index is 0.171. The molecule has 0 aromatic carbocycles. The van der Waals surface area contributed by atoms with E-state index in [9.17, 15) is 4.79 Å². The fourth-order valence-electron chi connectivity index (χ4n) is 2.46. The lowest BCUT2D eigenvalue weighted by atomic mass is 10.0. The summed E-state index contributed by atoms with van der Waals surface area (Å²) < 4.78 is 2.99. The summed E-state index contributed by atoms with van der Waals surface area (Å²) in [5.74, 6) is 0.171. The van der Waals surface area contributed by atoms with E-state index in [0.717, 1.165) is 36.1 Å². The van der Waals surface area contributed by atoms with Gasteiger partial charge in [-0.15, -0.1) is 0 Å². The highest BCUT2D eigenvalue weighted by Gasteiger charge is 2.26. The van der Waals surface area contributed by atoms with E-state index in [1.165, 1.54) is 6.42 Å². The van der Waals surface area contributed by atoms with Crippen LogP contribution in [-0.2, 0) is 6.54 Å². The van der Waals surface area contributed by atoms with E-state index in [1.807, 2.05) is 21.7 Å². The van der Waals surface area contributed by atoms with Crippen LogP contribution in [-0.4, -0.2) is 28.0 Å².